The minimum atomic E-state index is 0.565. The van der Waals surface area contributed by atoms with Crippen LogP contribution >= 0.6 is 0 Å². The normalized spacial score (nSPS) is 11.2. The van der Waals surface area contributed by atoms with Crippen molar-refractivity contribution < 1.29 is 0 Å². The molecule has 234 valence electrons. The number of pyridine rings is 1. The molecule has 0 aliphatic heterocycles. The molecule has 50 heavy (non-hydrogen) atoms. The molecule has 0 saturated carbocycles. The lowest BCUT2D eigenvalue weighted by Crippen LogP contribution is -2.02. The van der Waals surface area contributed by atoms with Crippen molar-refractivity contribution in [3.8, 4) is 68.1 Å². The van der Waals surface area contributed by atoms with Crippen LogP contribution in [-0.2, 0) is 0 Å². The number of benzene rings is 6. The molecule has 0 atom stereocenters. The van der Waals surface area contributed by atoms with Crippen molar-refractivity contribution in [2.24, 2.45) is 0 Å². The van der Waals surface area contributed by atoms with E-state index in [0.29, 0.717) is 23.3 Å². The molecule has 9 aromatic rings. The third-order valence-electron chi connectivity index (χ3n) is 8.83. The van der Waals surface area contributed by atoms with E-state index in [0.717, 1.165) is 66.3 Å². The van der Waals surface area contributed by atoms with Gasteiger partial charge in [-0.05, 0) is 39.7 Å². The first-order valence-corrected chi connectivity index (χ1v) is 16.5. The maximum absolute atomic E-state index is 5.25. The Kier molecular flexibility index (Phi) is 7.37. The number of nitrogens with zero attached hydrogens (tertiary/aromatic N) is 6. The topological polar surface area (TPSA) is 77.3 Å². The highest BCUT2D eigenvalue weighted by molar-refractivity contribution is 6.20. The number of hydrogen-bond donors (Lipinski definition) is 0. The molecular weight excluding hydrogens is 613 g/mol. The van der Waals surface area contributed by atoms with Crippen LogP contribution in [0.2, 0.25) is 0 Å². The lowest BCUT2D eigenvalue weighted by atomic mass is 9.89. The van der Waals surface area contributed by atoms with Crippen molar-refractivity contribution in [1.29, 1.82) is 0 Å². The fourth-order valence-corrected chi connectivity index (χ4v) is 6.52. The van der Waals surface area contributed by atoms with Crippen LogP contribution < -0.4 is 0 Å². The highest BCUT2D eigenvalue weighted by Crippen LogP contribution is 2.43. The van der Waals surface area contributed by atoms with E-state index in [1.165, 1.54) is 0 Å². The second-order valence-corrected chi connectivity index (χ2v) is 11.9. The molecular formula is C44H28N6. The summed E-state index contributed by atoms with van der Waals surface area (Å²) in [6, 6.07) is 53.3. The molecule has 0 N–H and O–H groups in total. The van der Waals surface area contributed by atoms with Gasteiger partial charge in [-0.15, -0.1) is 0 Å². The van der Waals surface area contributed by atoms with Crippen LogP contribution in [0.15, 0.2) is 170 Å². The quantitative estimate of drug-likeness (QED) is 0.168. The van der Waals surface area contributed by atoms with E-state index in [9.17, 15) is 0 Å². The molecule has 6 nitrogen and oxygen atoms in total. The molecule has 0 spiro atoms. The van der Waals surface area contributed by atoms with Gasteiger partial charge >= 0.3 is 0 Å². The summed E-state index contributed by atoms with van der Waals surface area (Å²) in [5, 5.41) is 4.12. The molecule has 9 rings (SSSR count). The lowest BCUT2D eigenvalue weighted by molar-refractivity contribution is 1.07. The highest BCUT2D eigenvalue weighted by atomic mass is 15.0. The summed E-state index contributed by atoms with van der Waals surface area (Å²) in [5.74, 6) is 2.43. The predicted molar refractivity (Wildman–Crippen MR) is 201 cm³/mol. The average Bonchev–Trinajstić information content (AvgIpc) is 3.21. The van der Waals surface area contributed by atoms with E-state index >= 15 is 0 Å². The third kappa shape index (κ3) is 5.35. The summed E-state index contributed by atoms with van der Waals surface area (Å²) in [4.78, 5) is 29.9. The standard InChI is InChI=1S/C44H28N6/c1-4-15-29(16-5-1)37-27-38(47-41(46-37)30-17-6-2-7-18-30)39-33-22-10-12-24-35(33)40(36-25-13-11-23-34(36)39)44-49-42(31-19-8-3-9-20-31)48-43(50-44)32-21-14-26-45-28-32/h1-28H. The Bertz CT molecular complexity index is 2270. The first-order chi connectivity index (χ1) is 24.8. The van der Waals surface area contributed by atoms with E-state index in [-0.39, 0.29) is 0 Å². The minimum absolute atomic E-state index is 0.565. The largest absolute Gasteiger partial charge is 0.264 e. The number of hydrogen-bond acceptors (Lipinski definition) is 6. The van der Waals surface area contributed by atoms with Gasteiger partial charge in [0.05, 0.1) is 11.4 Å². The van der Waals surface area contributed by atoms with Crippen LogP contribution in [0.4, 0.5) is 0 Å². The molecule has 0 unspecified atom stereocenters. The van der Waals surface area contributed by atoms with Gasteiger partial charge in [0.2, 0.25) is 0 Å². The van der Waals surface area contributed by atoms with E-state index in [4.69, 9.17) is 24.9 Å². The third-order valence-corrected chi connectivity index (χ3v) is 8.83. The fraction of sp³-hybridized carbons (Fsp3) is 0. The van der Waals surface area contributed by atoms with Crippen molar-refractivity contribution in [3.05, 3.63) is 170 Å². The van der Waals surface area contributed by atoms with Crippen LogP contribution in [0.5, 0.6) is 0 Å². The highest BCUT2D eigenvalue weighted by Gasteiger charge is 2.22. The van der Waals surface area contributed by atoms with Gasteiger partial charge in [0.1, 0.15) is 0 Å². The van der Waals surface area contributed by atoms with Gasteiger partial charge in [0, 0.05) is 45.8 Å². The Morgan fingerprint density at radius 3 is 1.26 bits per heavy atom. The van der Waals surface area contributed by atoms with Crippen LogP contribution in [0.3, 0.4) is 0 Å². The van der Waals surface area contributed by atoms with Crippen molar-refractivity contribution in [1.82, 2.24) is 29.9 Å². The summed E-state index contributed by atoms with van der Waals surface area (Å²) in [7, 11) is 0. The van der Waals surface area contributed by atoms with Crippen LogP contribution in [-0.4, -0.2) is 29.9 Å². The molecule has 0 aliphatic rings. The minimum Gasteiger partial charge on any atom is -0.264 e. The van der Waals surface area contributed by atoms with Crippen molar-refractivity contribution in [2.75, 3.05) is 0 Å². The van der Waals surface area contributed by atoms with Gasteiger partial charge in [0.25, 0.3) is 0 Å². The second kappa shape index (κ2) is 12.6. The smallest absolute Gasteiger partial charge is 0.165 e. The fourth-order valence-electron chi connectivity index (χ4n) is 6.52. The van der Waals surface area contributed by atoms with Gasteiger partial charge in [-0.1, -0.05) is 140 Å². The molecule has 6 heteroatoms. The first-order valence-electron chi connectivity index (χ1n) is 16.5. The Labute approximate surface area is 288 Å². The zero-order valence-electron chi connectivity index (χ0n) is 26.8. The van der Waals surface area contributed by atoms with Crippen molar-refractivity contribution in [3.63, 3.8) is 0 Å². The molecule has 0 bridgehead atoms. The molecule has 0 radical (unpaired) electrons. The Morgan fingerprint density at radius 1 is 0.300 bits per heavy atom. The summed E-state index contributed by atoms with van der Waals surface area (Å²) in [6.07, 6.45) is 3.54. The van der Waals surface area contributed by atoms with Gasteiger partial charge in [0.15, 0.2) is 23.3 Å². The summed E-state index contributed by atoms with van der Waals surface area (Å²) < 4.78 is 0. The van der Waals surface area contributed by atoms with Gasteiger partial charge in [-0.3, -0.25) is 4.98 Å². The molecule has 3 aromatic heterocycles. The van der Waals surface area contributed by atoms with Crippen molar-refractivity contribution >= 4 is 21.5 Å². The van der Waals surface area contributed by atoms with Gasteiger partial charge in [-0.2, -0.15) is 0 Å². The summed E-state index contributed by atoms with van der Waals surface area (Å²) >= 11 is 0. The SMILES string of the molecule is c1ccc(-c2cc(-c3c4ccccc4c(-c4nc(-c5ccccc5)nc(-c5cccnc5)n4)c4ccccc34)nc(-c3ccccc3)n2)cc1. The molecule has 0 saturated heterocycles. The molecule has 0 amide bonds. The maximum Gasteiger partial charge on any atom is 0.165 e. The molecule has 0 fully saturated rings. The van der Waals surface area contributed by atoms with Crippen molar-refractivity contribution in [2.45, 2.75) is 0 Å². The lowest BCUT2D eigenvalue weighted by Gasteiger charge is -2.18. The van der Waals surface area contributed by atoms with Crippen LogP contribution in [0.1, 0.15) is 0 Å². The Hall–Kier alpha value is -6.92. The Balaban J connectivity index is 1.35. The predicted octanol–water partition coefficient (Wildman–Crippen LogP) is 10.4. The summed E-state index contributed by atoms with van der Waals surface area (Å²) in [6.45, 7) is 0. The molecule has 3 heterocycles. The van der Waals surface area contributed by atoms with E-state index in [1.54, 1.807) is 12.4 Å². The zero-order valence-corrected chi connectivity index (χ0v) is 26.8. The molecule has 6 aromatic carbocycles. The van der Waals surface area contributed by atoms with Gasteiger partial charge in [-0.25, -0.2) is 24.9 Å². The molecule has 0 aliphatic carbocycles. The average molecular weight is 641 g/mol. The summed E-state index contributed by atoms with van der Waals surface area (Å²) in [5.41, 5.74) is 7.38. The number of fused-ring (bicyclic) bond motifs is 2. The monoisotopic (exact) mass is 640 g/mol. The van der Waals surface area contributed by atoms with E-state index in [2.05, 4.69) is 83.8 Å². The van der Waals surface area contributed by atoms with Crippen LogP contribution in [0, 0.1) is 0 Å². The van der Waals surface area contributed by atoms with Crippen LogP contribution in [0.25, 0.3) is 89.6 Å². The van der Waals surface area contributed by atoms with Gasteiger partial charge < -0.3 is 0 Å². The maximum atomic E-state index is 5.25. The second-order valence-electron chi connectivity index (χ2n) is 11.9. The first kappa shape index (κ1) is 29.2. The Morgan fingerprint density at radius 2 is 0.720 bits per heavy atom. The van der Waals surface area contributed by atoms with E-state index < -0.39 is 0 Å². The number of aromatic nitrogens is 6. The number of rotatable bonds is 6. The zero-order chi connectivity index (χ0) is 33.3. The van der Waals surface area contributed by atoms with E-state index in [1.807, 2.05) is 78.9 Å².